The predicted molar refractivity (Wildman–Crippen MR) is 103 cm³/mol. The molecule has 0 spiro atoms. The molecule has 5 heteroatoms. The van der Waals surface area contributed by atoms with Crippen LogP contribution in [0.1, 0.15) is 0 Å². The fourth-order valence-corrected chi connectivity index (χ4v) is 2.84. The van der Waals surface area contributed by atoms with Gasteiger partial charge in [0.15, 0.2) is 6.61 Å². The zero-order valence-electron chi connectivity index (χ0n) is 13.9. The van der Waals surface area contributed by atoms with Gasteiger partial charge in [-0.25, -0.2) is 0 Å². The minimum atomic E-state index is -0.234. The van der Waals surface area contributed by atoms with Crippen LogP contribution in [-0.2, 0) is 4.79 Å². The first-order valence-electron chi connectivity index (χ1n) is 8.22. The van der Waals surface area contributed by atoms with E-state index < -0.39 is 0 Å². The van der Waals surface area contributed by atoms with Crippen molar-refractivity contribution in [2.45, 2.75) is 0 Å². The highest BCUT2D eigenvalue weighted by molar-refractivity contribution is 5.95. The molecule has 1 aromatic heterocycles. The van der Waals surface area contributed by atoms with Crippen molar-refractivity contribution in [3.63, 3.8) is 0 Å². The number of carbonyl (C=O) groups is 1. The molecule has 0 saturated carbocycles. The van der Waals surface area contributed by atoms with Gasteiger partial charge in [-0.3, -0.25) is 9.59 Å². The molecule has 2 N–H and O–H groups in total. The Morgan fingerprint density at radius 1 is 0.885 bits per heavy atom. The van der Waals surface area contributed by atoms with Crippen LogP contribution >= 0.6 is 0 Å². The number of pyridine rings is 1. The molecule has 0 aliphatic carbocycles. The molecule has 4 rings (SSSR count). The van der Waals surface area contributed by atoms with E-state index in [9.17, 15) is 9.59 Å². The lowest BCUT2D eigenvalue weighted by atomic mass is 10.1. The standard InChI is InChI=1S/C21H16N2O3/c24-20-10-6-16-12-18(8-9-19(16)23-20)26-13-21(25)22-17-7-5-14-3-1-2-4-15(14)11-17/h1-12H,13H2,(H,22,25)(H,23,24). The van der Waals surface area contributed by atoms with E-state index in [1.165, 1.54) is 6.07 Å². The number of aromatic nitrogens is 1. The number of nitrogens with one attached hydrogen (secondary N) is 2. The molecule has 0 aliphatic heterocycles. The highest BCUT2D eigenvalue weighted by Crippen LogP contribution is 2.20. The topological polar surface area (TPSA) is 71.2 Å². The van der Waals surface area contributed by atoms with E-state index in [0.717, 1.165) is 27.4 Å². The number of hydrogen-bond donors (Lipinski definition) is 2. The van der Waals surface area contributed by atoms with Gasteiger partial charge in [-0.05, 0) is 47.2 Å². The molecule has 0 fully saturated rings. The van der Waals surface area contributed by atoms with Crippen LogP contribution in [-0.4, -0.2) is 17.5 Å². The van der Waals surface area contributed by atoms with Crippen molar-refractivity contribution in [1.82, 2.24) is 4.98 Å². The predicted octanol–water partition coefficient (Wildman–Crippen LogP) is 3.70. The lowest BCUT2D eigenvalue weighted by molar-refractivity contribution is -0.118. The van der Waals surface area contributed by atoms with E-state index >= 15 is 0 Å². The molecular weight excluding hydrogens is 328 g/mol. The summed E-state index contributed by atoms with van der Waals surface area (Å²) in [6.45, 7) is -0.0955. The van der Waals surface area contributed by atoms with Gasteiger partial charge in [0.05, 0.1) is 0 Å². The zero-order chi connectivity index (χ0) is 17.9. The smallest absolute Gasteiger partial charge is 0.262 e. The van der Waals surface area contributed by atoms with E-state index in [1.807, 2.05) is 42.5 Å². The molecule has 4 aromatic rings. The third-order valence-corrected chi connectivity index (χ3v) is 4.10. The van der Waals surface area contributed by atoms with Gasteiger partial charge in [-0.1, -0.05) is 30.3 Å². The zero-order valence-corrected chi connectivity index (χ0v) is 13.9. The number of benzene rings is 3. The van der Waals surface area contributed by atoms with Crippen LogP contribution in [0.3, 0.4) is 0 Å². The molecule has 128 valence electrons. The van der Waals surface area contributed by atoms with E-state index in [4.69, 9.17) is 4.74 Å². The summed E-state index contributed by atoms with van der Waals surface area (Å²) >= 11 is 0. The van der Waals surface area contributed by atoms with Crippen LogP contribution in [0.5, 0.6) is 5.75 Å². The average molecular weight is 344 g/mol. The maximum Gasteiger partial charge on any atom is 0.262 e. The molecule has 0 atom stereocenters. The van der Waals surface area contributed by atoms with Gasteiger partial charge in [-0.2, -0.15) is 0 Å². The molecule has 0 radical (unpaired) electrons. The third-order valence-electron chi connectivity index (χ3n) is 4.10. The minimum absolute atomic E-state index is 0.0955. The molecule has 1 amide bonds. The normalized spacial score (nSPS) is 10.8. The van der Waals surface area contributed by atoms with Crippen molar-refractivity contribution in [2.24, 2.45) is 0 Å². The molecule has 0 bridgehead atoms. The Bertz CT molecular complexity index is 1160. The number of carbonyl (C=O) groups excluding carboxylic acids is 1. The first-order valence-corrected chi connectivity index (χ1v) is 8.22. The second-order valence-corrected chi connectivity index (χ2v) is 5.97. The largest absolute Gasteiger partial charge is 0.484 e. The summed E-state index contributed by atoms with van der Waals surface area (Å²) in [5.74, 6) is 0.333. The first-order chi connectivity index (χ1) is 12.7. The van der Waals surface area contributed by atoms with Crippen LogP contribution in [0.2, 0.25) is 0 Å². The third kappa shape index (κ3) is 3.42. The highest BCUT2D eigenvalue weighted by Gasteiger charge is 2.05. The number of amides is 1. The molecule has 0 saturated heterocycles. The quantitative estimate of drug-likeness (QED) is 0.593. The van der Waals surface area contributed by atoms with Gasteiger partial charge in [0.1, 0.15) is 5.75 Å². The Morgan fingerprint density at radius 3 is 2.58 bits per heavy atom. The second kappa shape index (κ2) is 6.72. The molecule has 3 aromatic carbocycles. The molecule has 0 aliphatic rings. The number of fused-ring (bicyclic) bond motifs is 2. The van der Waals surface area contributed by atoms with Gasteiger partial charge in [0, 0.05) is 22.7 Å². The number of hydrogen-bond acceptors (Lipinski definition) is 3. The van der Waals surface area contributed by atoms with Crippen LogP contribution in [0.4, 0.5) is 5.69 Å². The van der Waals surface area contributed by atoms with Crippen LogP contribution in [0, 0.1) is 0 Å². The van der Waals surface area contributed by atoms with E-state index in [-0.39, 0.29) is 18.1 Å². The van der Waals surface area contributed by atoms with Gasteiger partial charge in [0.25, 0.3) is 5.91 Å². The van der Waals surface area contributed by atoms with E-state index in [1.54, 1.807) is 24.3 Å². The highest BCUT2D eigenvalue weighted by atomic mass is 16.5. The van der Waals surface area contributed by atoms with Gasteiger partial charge < -0.3 is 15.0 Å². The summed E-state index contributed by atoms with van der Waals surface area (Å²) in [6, 6.07) is 22.2. The molecule has 1 heterocycles. The van der Waals surface area contributed by atoms with Crippen molar-refractivity contribution in [2.75, 3.05) is 11.9 Å². The Labute approximate surface area is 149 Å². The van der Waals surface area contributed by atoms with Crippen molar-refractivity contribution in [3.05, 3.63) is 83.2 Å². The maximum atomic E-state index is 12.1. The summed E-state index contributed by atoms with van der Waals surface area (Å²) < 4.78 is 5.56. The first kappa shape index (κ1) is 15.9. The number of anilines is 1. The second-order valence-electron chi connectivity index (χ2n) is 5.97. The Morgan fingerprint density at radius 2 is 1.69 bits per heavy atom. The maximum absolute atomic E-state index is 12.1. The monoisotopic (exact) mass is 344 g/mol. The van der Waals surface area contributed by atoms with Crippen molar-refractivity contribution in [3.8, 4) is 5.75 Å². The van der Waals surface area contributed by atoms with E-state index in [2.05, 4.69) is 10.3 Å². The van der Waals surface area contributed by atoms with Crippen LogP contribution < -0.4 is 15.6 Å². The summed E-state index contributed by atoms with van der Waals surface area (Å²) in [4.78, 5) is 26.2. The van der Waals surface area contributed by atoms with Crippen molar-refractivity contribution < 1.29 is 9.53 Å². The molecule has 26 heavy (non-hydrogen) atoms. The Hall–Kier alpha value is -3.60. The summed E-state index contributed by atoms with van der Waals surface area (Å²) in [5.41, 5.74) is 1.31. The van der Waals surface area contributed by atoms with Gasteiger partial charge in [0.2, 0.25) is 5.56 Å². The SMILES string of the molecule is O=C(COc1ccc2[nH]c(=O)ccc2c1)Nc1ccc2ccccc2c1. The van der Waals surface area contributed by atoms with Gasteiger partial charge >= 0.3 is 0 Å². The van der Waals surface area contributed by atoms with Crippen molar-refractivity contribution in [1.29, 1.82) is 0 Å². The van der Waals surface area contributed by atoms with Crippen LogP contribution in [0.25, 0.3) is 21.7 Å². The summed E-state index contributed by atoms with van der Waals surface area (Å²) in [6.07, 6.45) is 0. The number of aromatic amines is 1. The average Bonchev–Trinajstić information content (AvgIpc) is 2.66. The minimum Gasteiger partial charge on any atom is -0.484 e. The van der Waals surface area contributed by atoms with Crippen LogP contribution in [0.15, 0.2) is 77.6 Å². The summed E-state index contributed by atoms with van der Waals surface area (Å²) in [5, 5.41) is 5.87. The molecular formula is C21H16N2O3. The lowest BCUT2D eigenvalue weighted by Gasteiger charge is -2.09. The number of ether oxygens (including phenoxy) is 1. The fourth-order valence-electron chi connectivity index (χ4n) is 2.84. The summed E-state index contributed by atoms with van der Waals surface area (Å²) in [7, 11) is 0. The Balaban J connectivity index is 1.43. The fraction of sp³-hybridized carbons (Fsp3) is 0.0476. The molecule has 0 unspecified atom stereocenters. The molecule has 5 nitrogen and oxygen atoms in total. The lowest BCUT2D eigenvalue weighted by Crippen LogP contribution is -2.20. The van der Waals surface area contributed by atoms with Crippen molar-refractivity contribution >= 4 is 33.3 Å². The van der Waals surface area contributed by atoms with E-state index in [0.29, 0.717) is 5.75 Å². The Kier molecular flexibility index (Phi) is 4.11. The number of H-pyrrole nitrogens is 1. The number of rotatable bonds is 4. The van der Waals surface area contributed by atoms with Gasteiger partial charge in [-0.15, -0.1) is 0 Å².